The molecule has 350 valence electrons. The van der Waals surface area contributed by atoms with Crippen molar-refractivity contribution in [2.45, 2.75) is 161 Å². The summed E-state index contributed by atoms with van der Waals surface area (Å²) in [6, 6.07) is 2.26. The molecule has 0 spiro atoms. The summed E-state index contributed by atoms with van der Waals surface area (Å²) in [5.41, 5.74) is -4.28. The average molecular weight is 885 g/mol. The summed E-state index contributed by atoms with van der Waals surface area (Å²) in [6.45, 7) is 15.1. The first-order chi connectivity index (χ1) is 29.5. The quantitative estimate of drug-likeness (QED) is 0.149. The van der Waals surface area contributed by atoms with Gasteiger partial charge in [-0.25, -0.2) is 19.0 Å². The number of likely N-dealkylation sites (N-methyl/N-ethyl adjacent to an activating group) is 2. The number of halogens is 1. The Kier molecular flexibility index (Phi) is 15.6. The fraction of sp³-hybridized carbons (Fsp3) is 0.717. The van der Waals surface area contributed by atoms with Crippen molar-refractivity contribution >= 4 is 29.5 Å². The first-order valence-corrected chi connectivity index (χ1v) is 22.2. The number of alkyl halides is 1. The highest BCUT2D eigenvalue weighted by molar-refractivity contribution is 6.08. The standard InChI is InChI=1S/C46H69FN6O10/c1-14-35-46(9)38(53(43(58)51(46)12)21-16-15-20-52-25-33(49-26-52)32-18-17-19-48-24-32)29(4)36(55)27(2)23-44(7,59-13)40(30(5)39(56)45(8,47)42(57)62-35)63-41-37(61-31(6)54)34(50(10)11)22-28(3)60-41/h17-19,24-30,34-35,37-38,40-41H,14-16,20-23H2,1-13H3/t27-,28-,29+,30+,34?,35-,37?,38?,40?,41?,44?,45?,46?/m1/s1. The summed E-state index contributed by atoms with van der Waals surface area (Å²) >= 11 is 0. The zero-order valence-electron chi connectivity index (χ0n) is 39.3. The van der Waals surface area contributed by atoms with Crippen LogP contribution in [-0.4, -0.2) is 153 Å². The number of nitrogens with zero attached hydrogens (tertiary/aromatic N) is 6. The predicted molar refractivity (Wildman–Crippen MR) is 231 cm³/mol. The number of cyclic esters (lactones) is 1. The lowest BCUT2D eigenvalue weighted by Gasteiger charge is -2.48. The van der Waals surface area contributed by atoms with Crippen molar-refractivity contribution in [3.8, 4) is 11.3 Å². The Hall–Kier alpha value is -4.32. The molecule has 0 bridgehead atoms. The van der Waals surface area contributed by atoms with Gasteiger partial charge in [0.15, 0.2) is 18.2 Å². The van der Waals surface area contributed by atoms with Gasteiger partial charge < -0.3 is 43.0 Å². The van der Waals surface area contributed by atoms with Crippen molar-refractivity contribution in [1.29, 1.82) is 0 Å². The summed E-state index contributed by atoms with van der Waals surface area (Å²) in [7, 11) is 6.69. The van der Waals surface area contributed by atoms with Gasteiger partial charge in [0.1, 0.15) is 11.9 Å². The van der Waals surface area contributed by atoms with E-state index in [1.54, 1.807) is 65.3 Å². The Morgan fingerprint density at radius 3 is 2.33 bits per heavy atom. The average Bonchev–Trinajstić information content (AvgIpc) is 3.79. The lowest BCUT2D eigenvalue weighted by atomic mass is 9.72. The Morgan fingerprint density at radius 1 is 1.05 bits per heavy atom. The number of carbonyl (C=O) groups excluding carboxylic acids is 5. The van der Waals surface area contributed by atoms with E-state index in [0.29, 0.717) is 25.8 Å². The smallest absolute Gasteiger partial charge is 0.351 e. The first-order valence-electron chi connectivity index (χ1n) is 22.2. The molecule has 16 nitrogen and oxygen atoms in total. The van der Waals surface area contributed by atoms with Crippen LogP contribution in [0.15, 0.2) is 37.1 Å². The number of ether oxygens (including phenoxy) is 5. The Balaban J connectivity index is 1.51. The molecule has 0 N–H and O–H groups in total. The number of aryl methyl sites for hydroxylation is 1. The van der Waals surface area contributed by atoms with Crippen LogP contribution in [0.4, 0.5) is 9.18 Å². The number of aromatic nitrogens is 3. The number of pyridine rings is 1. The van der Waals surface area contributed by atoms with E-state index < -0.39 is 82.9 Å². The molecule has 0 radical (unpaired) electrons. The third kappa shape index (κ3) is 10.0. The molecule has 13 atom stereocenters. The van der Waals surface area contributed by atoms with Gasteiger partial charge in [-0.05, 0) is 86.0 Å². The van der Waals surface area contributed by atoms with Crippen LogP contribution in [-0.2, 0) is 49.4 Å². The number of fused-ring (bicyclic) bond motifs is 1. The number of hydrogen-bond donors (Lipinski definition) is 0. The molecule has 17 heteroatoms. The number of rotatable bonds is 12. The minimum Gasteiger partial charge on any atom is -0.457 e. The van der Waals surface area contributed by atoms with Crippen LogP contribution < -0.4 is 0 Å². The van der Waals surface area contributed by atoms with Crippen LogP contribution >= 0.6 is 0 Å². The molecule has 2 aromatic rings. The van der Waals surface area contributed by atoms with Gasteiger partial charge in [-0.2, -0.15) is 0 Å². The minimum absolute atomic E-state index is 0.00359. The molecular weight excluding hydrogens is 816 g/mol. The van der Waals surface area contributed by atoms with Crippen LogP contribution in [0.1, 0.15) is 94.4 Å². The molecule has 2 amide bonds. The summed E-state index contributed by atoms with van der Waals surface area (Å²) in [5.74, 6) is -6.26. The van der Waals surface area contributed by atoms with E-state index in [-0.39, 0.29) is 43.3 Å². The Morgan fingerprint density at radius 2 is 1.73 bits per heavy atom. The summed E-state index contributed by atoms with van der Waals surface area (Å²) < 4.78 is 50.1. The summed E-state index contributed by atoms with van der Waals surface area (Å²) in [6.07, 6.45) is 4.02. The van der Waals surface area contributed by atoms with Gasteiger partial charge >= 0.3 is 18.0 Å². The van der Waals surface area contributed by atoms with Gasteiger partial charge in [0, 0.05) is 76.1 Å². The van der Waals surface area contributed by atoms with E-state index in [2.05, 4.69) is 9.97 Å². The second kappa shape index (κ2) is 19.8. The Bertz CT molecular complexity index is 1950. The van der Waals surface area contributed by atoms with E-state index in [0.717, 1.165) is 18.2 Å². The van der Waals surface area contributed by atoms with Crippen LogP contribution in [0.3, 0.4) is 0 Å². The number of esters is 2. The molecule has 8 unspecified atom stereocenters. The van der Waals surface area contributed by atoms with E-state index in [1.165, 1.54) is 25.9 Å². The maximum Gasteiger partial charge on any atom is 0.351 e. The molecule has 0 saturated carbocycles. The highest BCUT2D eigenvalue weighted by Crippen LogP contribution is 2.44. The van der Waals surface area contributed by atoms with Gasteiger partial charge in [0.05, 0.1) is 47.5 Å². The number of ketones is 2. The highest BCUT2D eigenvalue weighted by atomic mass is 19.1. The molecule has 63 heavy (non-hydrogen) atoms. The molecule has 0 aromatic carbocycles. The molecule has 5 heterocycles. The lowest BCUT2D eigenvalue weighted by Crippen LogP contribution is -2.63. The topological polar surface area (TPSA) is 172 Å². The molecule has 2 aromatic heterocycles. The van der Waals surface area contributed by atoms with Crippen molar-refractivity contribution in [2.75, 3.05) is 34.8 Å². The van der Waals surface area contributed by atoms with E-state index in [9.17, 15) is 24.0 Å². The fourth-order valence-electron chi connectivity index (χ4n) is 10.2. The van der Waals surface area contributed by atoms with Crippen molar-refractivity contribution in [2.24, 2.45) is 17.8 Å². The SMILES string of the molecule is CC[C@H]1OC(=O)C(C)(F)C(=O)[C@H](C)C(OC2O[C@H](C)CC(N(C)C)C2OC(C)=O)C(C)(OC)C[C@@H](C)C(=O)[C@H](C)C2N(CCCCn3cnc(-c4cccnc4)c3)C(=O)N(C)C21C. The second-order valence-electron chi connectivity index (χ2n) is 18.6. The van der Waals surface area contributed by atoms with Crippen molar-refractivity contribution in [1.82, 2.24) is 29.2 Å². The summed E-state index contributed by atoms with van der Waals surface area (Å²) in [4.78, 5) is 84.2. The van der Waals surface area contributed by atoms with Crippen molar-refractivity contribution < 1.29 is 52.0 Å². The molecule has 0 aliphatic carbocycles. The monoisotopic (exact) mass is 885 g/mol. The van der Waals surface area contributed by atoms with Crippen LogP contribution in [0.2, 0.25) is 0 Å². The summed E-state index contributed by atoms with van der Waals surface area (Å²) in [5, 5.41) is 0. The van der Waals surface area contributed by atoms with E-state index >= 15 is 4.39 Å². The molecule has 5 rings (SSSR count). The zero-order chi connectivity index (χ0) is 46.8. The third-order valence-corrected chi connectivity index (χ3v) is 13.9. The number of hydrogen-bond acceptors (Lipinski definition) is 13. The van der Waals surface area contributed by atoms with E-state index in [4.69, 9.17) is 23.7 Å². The highest BCUT2D eigenvalue weighted by Gasteiger charge is 2.62. The number of methoxy groups -OCH3 is 1. The molecule has 3 aliphatic rings. The van der Waals surface area contributed by atoms with Crippen molar-refractivity contribution in [3.05, 3.63) is 37.1 Å². The van der Waals surface area contributed by atoms with Gasteiger partial charge in [0.2, 0.25) is 0 Å². The molecule has 3 fully saturated rings. The molecule has 3 aliphatic heterocycles. The number of unbranched alkanes of at least 4 members (excludes halogenated alkanes) is 1. The maximum atomic E-state index is 17.2. The van der Waals surface area contributed by atoms with Gasteiger partial charge in [0.25, 0.3) is 5.67 Å². The minimum atomic E-state index is -3.18. The van der Waals surface area contributed by atoms with Crippen molar-refractivity contribution in [3.63, 3.8) is 0 Å². The lowest BCUT2D eigenvalue weighted by molar-refractivity contribution is -0.298. The number of urea groups is 1. The largest absolute Gasteiger partial charge is 0.457 e. The third-order valence-electron chi connectivity index (χ3n) is 13.9. The predicted octanol–water partition coefficient (Wildman–Crippen LogP) is 5.51. The van der Waals surface area contributed by atoms with Crippen LogP contribution in [0.25, 0.3) is 11.3 Å². The fourth-order valence-corrected chi connectivity index (χ4v) is 10.2. The zero-order valence-corrected chi connectivity index (χ0v) is 39.3. The second-order valence-corrected chi connectivity index (χ2v) is 18.6. The normalized spacial score (nSPS) is 36.0. The Labute approximate surface area is 371 Å². The number of Topliss-reactive ketones (excluding diaryl/α,β-unsaturated/α-hetero) is 2. The van der Waals surface area contributed by atoms with Gasteiger partial charge in [-0.15, -0.1) is 0 Å². The van der Waals surface area contributed by atoms with E-state index in [1.807, 2.05) is 48.8 Å². The van der Waals surface area contributed by atoms with Gasteiger partial charge in [-0.1, -0.05) is 27.7 Å². The molecule has 3 saturated heterocycles. The van der Waals surface area contributed by atoms with Crippen LogP contribution in [0, 0.1) is 17.8 Å². The van der Waals surface area contributed by atoms with Crippen LogP contribution in [0.5, 0.6) is 0 Å². The van der Waals surface area contributed by atoms with Gasteiger partial charge in [-0.3, -0.25) is 19.4 Å². The number of amides is 2. The number of imidazole rings is 1. The maximum absolute atomic E-state index is 17.2. The number of carbonyl (C=O) groups is 5. The molecular formula is C46H69FN6O10. The first kappa shape index (κ1) is 49.7.